The summed E-state index contributed by atoms with van der Waals surface area (Å²) in [6, 6.07) is -6.48. The van der Waals surface area contributed by atoms with Gasteiger partial charge in [0.25, 0.3) is 0 Å². The fraction of sp³-hybridized carbons (Fsp3) is 0.862. The number of hydrogen-bond donors (Lipinski definition) is 19. The molecule has 3 heterocycles. The van der Waals surface area contributed by atoms with E-state index in [1.807, 2.05) is 0 Å². The van der Waals surface area contributed by atoms with Crippen LogP contribution in [0.2, 0.25) is 0 Å². The Morgan fingerprint density at radius 2 is 0.825 bits per heavy atom. The van der Waals surface area contributed by atoms with Crippen LogP contribution in [0.4, 0.5) is 0 Å². The van der Waals surface area contributed by atoms with Gasteiger partial charge in [0.15, 0.2) is 18.9 Å². The Kier molecular flexibility index (Phi) is 43.7. The SMILES string of the molecule is CO[C@H]1C[C@H](O)[C@H](NC(=O)CCCCCCCCCCC(=O)NC(CCC(=O)NC(CCC(=O)NCCOCCOC2OCC(CO)C(O)C(O)C2NC(C)=O)C(=O)NCCOCCOC2O[C@H](CO)C(O)C(O)C2NC(C)=O)C(=O)NCCOCCOC2OC(CO)C(O)C(O)C2NC(C)=O)C1. The first-order valence-corrected chi connectivity index (χ1v) is 35.5. The van der Waals surface area contributed by atoms with E-state index in [0.29, 0.717) is 38.5 Å². The van der Waals surface area contributed by atoms with E-state index in [2.05, 4.69) is 47.9 Å². The molecule has 1 saturated carbocycles. The molecule has 0 spiro atoms. The van der Waals surface area contributed by atoms with Crippen LogP contribution >= 0.6 is 0 Å². The number of amides is 9. The van der Waals surface area contributed by atoms with E-state index in [1.165, 1.54) is 20.8 Å². The van der Waals surface area contributed by atoms with Crippen LogP contribution in [0.25, 0.3) is 0 Å². The standard InChI is InChI=1S/C65H115N9O29/c1-37(78)69-52-58(89)55(86)40(33-75)36-101-63(52)98-28-25-95-22-19-66-48(82)17-15-42(61(92)67-20-23-96-26-29-99-64-53(70-38(2)79)59(90)56(87)46(34-76)102-64)73-51(85)18-16-43(62(93)68-21-24-97-27-30-100-65-54(71-39(3)80)60(91)57(88)47(35-77)103-65)72-49(83)13-11-9-7-5-6-8-10-12-14-50(84)74-44-31-41(94-4)32-45(44)81/h40-47,52-60,63-65,75-77,81,86-91H,5-36H2,1-4H3,(H,66,82)(H,67,92)(H,68,93)(H,69,78)(H,70,79)(H,71,80)(H,72,83)(H,73,85)(H,74,84)/t40?,41-,42?,43?,44-,45+,46-,47?,52?,53?,54?,55?,56?,57?,58?,59?,60?,63?,64?,65?/m1/s1. The molecule has 594 valence electrons. The van der Waals surface area contributed by atoms with Gasteiger partial charge in [-0.1, -0.05) is 38.5 Å². The summed E-state index contributed by atoms with van der Waals surface area (Å²) in [5.41, 5.74) is 0. The molecule has 0 bridgehead atoms. The lowest BCUT2D eigenvalue weighted by Crippen LogP contribution is -2.64. The monoisotopic (exact) mass is 1490 g/mol. The van der Waals surface area contributed by atoms with Crippen LogP contribution in [-0.2, 0) is 90.5 Å². The minimum Gasteiger partial charge on any atom is -0.396 e. The second kappa shape index (κ2) is 50.1. The maximum Gasteiger partial charge on any atom is 0.242 e. The van der Waals surface area contributed by atoms with E-state index in [4.69, 9.17) is 47.4 Å². The van der Waals surface area contributed by atoms with E-state index in [9.17, 15) is 94.2 Å². The summed E-state index contributed by atoms with van der Waals surface area (Å²) in [5, 5.41) is 126. The van der Waals surface area contributed by atoms with Gasteiger partial charge in [-0.25, -0.2) is 0 Å². The van der Waals surface area contributed by atoms with Crippen LogP contribution in [-0.4, -0.2) is 333 Å². The van der Waals surface area contributed by atoms with Gasteiger partial charge in [-0.3, -0.25) is 43.2 Å². The zero-order valence-corrected chi connectivity index (χ0v) is 59.4. The minimum atomic E-state index is -1.54. The van der Waals surface area contributed by atoms with Crippen molar-refractivity contribution in [3.63, 3.8) is 0 Å². The third-order valence-electron chi connectivity index (χ3n) is 17.6. The van der Waals surface area contributed by atoms with Gasteiger partial charge in [0.05, 0.1) is 110 Å². The van der Waals surface area contributed by atoms with Crippen molar-refractivity contribution in [1.82, 2.24) is 47.9 Å². The number of rotatable bonds is 50. The van der Waals surface area contributed by atoms with Crippen molar-refractivity contribution in [3.05, 3.63) is 0 Å². The topological polar surface area (TPSA) is 556 Å². The number of carbonyl (C=O) groups is 9. The molecule has 38 nitrogen and oxygen atoms in total. The molecule has 20 atom stereocenters. The summed E-state index contributed by atoms with van der Waals surface area (Å²) in [4.78, 5) is 116. The van der Waals surface area contributed by atoms with E-state index in [1.54, 1.807) is 7.11 Å². The normalized spacial score (nSPS) is 28.4. The third kappa shape index (κ3) is 33.4. The molecule has 4 aliphatic rings. The Bertz CT molecular complexity index is 2520. The predicted octanol–water partition coefficient (Wildman–Crippen LogP) is -7.40. The number of aliphatic hydroxyl groups excluding tert-OH is 10. The lowest BCUT2D eigenvalue weighted by atomic mass is 9.96. The molecule has 4 rings (SSSR count). The molecule has 0 aromatic rings. The van der Waals surface area contributed by atoms with E-state index in [-0.39, 0.29) is 129 Å². The van der Waals surface area contributed by atoms with Crippen LogP contribution in [0, 0.1) is 5.92 Å². The van der Waals surface area contributed by atoms with Crippen molar-refractivity contribution in [3.8, 4) is 0 Å². The van der Waals surface area contributed by atoms with Crippen molar-refractivity contribution in [2.45, 2.75) is 240 Å². The summed E-state index contributed by atoms with van der Waals surface area (Å²) < 4.78 is 55.9. The molecule has 38 heteroatoms. The van der Waals surface area contributed by atoms with Gasteiger partial charge in [-0.2, -0.15) is 0 Å². The number of unbranched alkanes of at least 4 members (excludes halogenated alkanes) is 7. The Morgan fingerprint density at radius 3 is 1.25 bits per heavy atom. The van der Waals surface area contributed by atoms with Gasteiger partial charge >= 0.3 is 0 Å². The van der Waals surface area contributed by atoms with Gasteiger partial charge in [0.2, 0.25) is 53.2 Å². The van der Waals surface area contributed by atoms with Crippen LogP contribution in [0.3, 0.4) is 0 Å². The lowest BCUT2D eigenvalue weighted by Gasteiger charge is -2.42. The fourth-order valence-corrected chi connectivity index (χ4v) is 11.9. The van der Waals surface area contributed by atoms with Crippen molar-refractivity contribution >= 4 is 53.2 Å². The van der Waals surface area contributed by atoms with Crippen molar-refractivity contribution in [1.29, 1.82) is 0 Å². The second-order valence-corrected chi connectivity index (χ2v) is 25.8. The largest absolute Gasteiger partial charge is 0.396 e. The first-order chi connectivity index (χ1) is 49.3. The Morgan fingerprint density at radius 1 is 0.427 bits per heavy atom. The van der Waals surface area contributed by atoms with E-state index >= 15 is 0 Å². The third-order valence-corrected chi connectivity index (χ3v) is 17.6. The fourth-order valence-electron chi connectivity index (χ4n) is 11.9. The van der Waals surface area contributed by atoms with Crippen molar-refractivity contribution in [2.24, 2.45) is 5.92 Å². The van der Waals surface area contributed by atoms with E-state index < -0.39 is 183 Å². The smallest absolute Gasteiger partial charge is 0.242 e. The number of aliphatic hydroxyl groups is 10. The Labute approximate surface area is 599 Å². The molecule has 0 aromatic heterocycles. The van der Waals surface area contributed by atoms with Gasteiger partial charge in [0, 0.05) is 85.5 Å². The highest BCUT2D eigenvalue weighted by molar-refractivity contribution is 5.90. The second-order valence-electron chi connectivity index (χ2n) is 25.8. The number of nitrogens with one attached hydrogen (secondary N) is 9. The zero-order chi connectivity index (χ0) is 75.8. The number of carbonyl (C=O) groups excluding carboxylic acids is 9. The highest BCUT2D eigenvalue weighted by atomic mass is 16.7. The van der Waals surface area contributed by atoms with Crippen molar-refractivity contribution in [2.75, 3.05) is 113 Å². The van der Waals surface area contributed by atoms with Gasteiger partial charge in [-0.05, 0) is 32.1 Å². The van der Waals surface area contributed by atoms with Gasteiger partial charge < -0.3 is 146 Å². The van der Waals surface area contributed by atoms with Gasteiger partial charge in [-0.15, -0.1) is 0 Å². The highest BCUT2D eigenvalue weighted by Crippen LogP contribution is 2.26. The molecular weight excluding hydrogens is 1370 g/mol. The molecule has 19 N–H and O–H groups in total. The lowest BCUT2D eigenvalue weighted by molar-refractivity contribution is -0.272. The molecule has 16 unspecified atom stereocenters. The molecular formula is C65H115N9O29. The maximum absolute atomic E-state index is 13.8. The Hall–Kier alpha value is -5.57. The van der Waals surface area contributed by atoms with Crippen LogP contribution < -0.4 is 47.9 Å². The van der Waals surface area contributed by atoms with Crippen LogP contribution in [0.15, 0.2) is 0 Å². The summed E-state index contributed by atoms with van der Waals surface area (Å²) in [5.74, 6) is -5.74. The molecule has 9 amide bonds. The minimum absolute atomic E-state index is 0.0150. The summed E-state index contributed by atoms with van der Waals surface area (Å²) in [6.07, 6.45) is -9.44. The number of hydrogen-bond acceptors (Lipinski definition) is 29. The zero-order valence-electron chi connectivity index (χ0n) is 59.4. The molecule has 3 aliphatic heterocycles. The predicted molar refractivity (Wildman–Crippen MR) is 356 cm³/mol. The number of ether oxygens (including phenoxy) is 10. The highest BCUT2D eigenvalue weighted by Gasteiger charge is 2.47. The maximum atomic E-state index is 13.8. The van der Waals surface area contributed by atoms with E-state index in [0.717, 1.165) is 32.1 Å². The average molecular weight is 1490 g/mol. The summed E-state index contributed by atoms with van der Waals surface area (Å²) in [6.45, 7) is 0.471. The molecule has 0 radical (unpaired) electrons. The van der Waals surface area contributed by atoms with Gasteiger partial charge in [0.1, 0.15) is 72.9 Å². The summed E-state index contributed by atoms with van der Waals surface area (Å²) >= 11 is 0. The summed E-state index contributed by atoms with van der Waals surface area (Å²) in [7, 11) is 1.58. The Balaban J connectivity index is 1.33. The average Bonchev–Trinajstić information content (AvgIpc) is 1.58. The molecule has 3 saturated heterocycles. The van der Waals surface area contributed by atoms with Crippen LogP contribution in [0.5, 0.6) is 0 Å². The van der Waals surface area contributed by atoms with Crippen molar-refractivity contribution < 1.29 is 142 Å². The quantitative estimate of drug-likeness (QED) is 0.0252. The molecule has 1 aliphatic carbocycles. The molecule has 103 heavy (non-hydrogen) atoms. The first kappa shape index (κ1) is 89.8. The van der Waals surface area contributed by atoms with Crippen LogP contribution in [0.1, 0.15) is 124 Å². The molecule has 4 fully saturated rings. The molecule has 0 aromatic carbocycles. The number of methoxy groups -OCH3 is 1. The first-order valence-electron chi connectivity index (χ1n) is 35.5.